The first kappa shape index (κ1) is 18.3. The number of para-hydroxylation sites is 1. The minimum atomic E-state index is -1.93. The Hall–Kier alpha value is -3.70. The van der Waals surface area contributed by atoms with Crippen LogP contribution in [0.3, 0.4) is 0 Å². The van der Waals surface area contributed by atoms with E-state index in [-0.39, 0.29) is 12.2 Å². The van der Waals surface area contributed by atoms with Gasteiger partial charge in [-0.2, -0.15) is 0 Å². The van der Waals surface area contributed by atoms with Gasteiger partial charge in [0.15, 0.2) is 11.4 Å². The average molecular weight is 397 g/mol. The molecule has 0 bridgehead atoms. The highest BCUT2D eigenvalue weighted by Gasteiger charge is 2.51. The topological polar surface area (TPSA) is 70.8 Å². The van der Waals surface area contributed by atoms with E-state index in [0.29, 0.717) is 17.8 Å². The van der Waals surface area contributed by atoms with E-state index < -0.39 is 17.3 Å². The number of Topliss-reactive ketones (excluding diaryl/α,β-unsaturated/α-hetero) is 1. The Bertz CT molecular complexity index is 1260. The Morgan fingerprint density at radius 2 is 1.70 bits per heavy atom. The molecule has 1 atom stereocenters. The van der Waals surface area contributed by atoms with Crippen molar-refractivity contribution in [1.82, 2.24) is 0 Å². The first-order chi connectivity index (χ1) is 14.6. The molecule has 1 aromatic heterocycles. The molecule has 0 saturated heterocycles. The summed E-state index contributed by atoms with van der Waals surface area (Å²) in [4.78, 5) is 27.6. The third-order valence-corrected chi connectivity index (χ3v) is 5.66. The van der Waals surface area contributed by atoms with Crippen molar-refractivity contribution in [2.45, 2.75) is 18.6 Å². The Labute approximate surface area is 173 Å². The van der Waals surface area contributed by atoms with Crippen molar-refractivity contribution in [2.24, 2.45) is 0 Å². The molecule has 0 saturated carbocycles. The van der Waals surface area contributed by atoms with Crippen LogP contribution in [0.25, 0.3) is 10.8 Å². The first-order valence-electron chi connectivity index (χ1n) is 9.75. The number of fused-ring (bicyclic) bond motifs is 2. The van der Waals surface area contributed by atoms with Crippen LogP contribution in [0.1, 0.15) is 28.1 Å². The number of carbonyl (C=O) groups is 2. The SMILES string of the molecule is O=C(C[C@]1(O)C(=O)N(Cc2cccc3ccccc23)c2ccccc21)c1ccco1. The number of benzene rings is 3. The average Bonchev–Trinajstić information content (AvgIpc) is 3.38. The summed E-state index contributed by atoms with van der Waals surface area (Å²) in [5.41, 5.74) is 0.101. The molecule has 0 spiro atoms. The number of furan rings is 1. The molecule has 1 aliphatic heterocycles. The van der Waals surface area contributed by atoms with E-state index in [1.165, 1.54) is 12.3 Å². The maximum atomic E-state index is 13.4. The van der Waals surface area contributed by atoms with E-state index in [9.17, 15) is 14.7 Å². The summed E-state index contributed by atoms with van der Waals surface area (Å²) in [5, 5.41) is 13.5. The summed E-state index contributed by atoms with van der Waals surface area (Å²) in [6.45, 7) is 0.300. The highest BCUT2D eigenvalue weighted by Crippen LogP contribution is 2.43. The zero-order chi connectivity index (χ0) is 20.7. The molecular formula is C25H19NO4. The van der Waals surface area contributed by atoms with Gasteiger partial charge in [-0.05, 0) is 34.5 Å². The normalized spacial score (nSPS) is 18.0. The molecule has 30 heavy (non-hydrogen) atoms. The van der Waals surface area contributed by atoms with E-state index in [1.54, 1.807) is 29.2 Å². The zero-order valence-electron chi connectivity index (χ0n) is 16.1. The van der Waals surface area contributed by atoms with Crippen LogP contribution in [0.2, 0.25) is 0 Å². The van der Waals surface area contributed by atoms with Crippen molar-refractivity contribution < 1.29 is 19.1 Å². The predicted octanol–water partition coefficient (Wildman–Crippen LogP) is 4.44. The van der Waals surface area contributed by atoms with Crippen LogP contribution in [0.4, 0.5) is 5.69 Å². The number of ketones is 1. The second-order valence-corrected chi connectivity index (χ2v) is 7.48. The van der Waals surface area contributed by atoms with Crippen LogP contribution >= 0.6 is 0 Å². The fraction of sp³-hybridized carbons (Fsp3) is 0.120. The van der Waals surface area contributed by atoms with E-state index >= 15 is 0 Å². The second kappa shape index (κ2) is 6.97. The molecule has 2 heterocycles. The standard InChI is InChI=1S/C25H19NO4/c27-22(23-13-6-14-30-23)15-25(29)20-11-3-4-12-21(20)26(24(25)28)16-18-9-5-8-17-7-1-2-10-19(17)18/h1-14,29H,15-16H2/t25-/m1/s1. The summed E-state index contributed by atoms with van der Waals surface area (Å²) in [7, 11) is 0. The molecule has 4 aromatic rings. The van der Waals surface area contributed by atoms with Gasteiger partial charge < -0.3 is 14.4 Å². The van der Waals surface area contributed by atoms with Gasteiger partial charge in [0, 0.05) is 5.56 Å². The Kier molecular flexibility index (Phi) is 4.26. The van der Waals surface area contributed by atoms with Gasteiger partial charge in [0.1, 0.15) is 0 Å². The lowest BCUT2D eigenvalue weighted by Gasteiger charge is -2.23. The highest BCUT2D eigenvalue weighted by molar-refractivity contribution is 6.10. The first-order valence-corrected chi connectivity index (χ1v) is 9.75. The lowest BCUT2D eigenvalue weighted by molar-refractivity contribution is -0.136. The van der Waals surface area contributed by atoms with Gasteiger partial charge in [-0.3, -0.25) is 9.59 Å². The summed E-state index contributed by atoms with van der Waals surface area (Å²) in [6, 6.07) is 24.2. The number of hydrogen-bond acceptors (Lipinski definition) is 4. The molecule has 3 aromatic carbocycles. The number of amides is 1. The van der Waals surface area contributed by atoms with E-state index in [4.69, 9.17) is 4.42 Å². The van der Waals surface area contributed by atoms with Gasteiger partial charge in [-0.1, -0.05) is 60.7 Å². The molecule has 5 nitrogen and oxygen atoms in total. The largest absolute Gasteiger partial charge is 0.461 e. The number of nitrogens with zero attached hydrogens (tertiary/aromatic N) is 1. The lowest BCUT2D eigenvalue weighted by atomic mass is 9.89. The number of carbonyl (C=O) groups excluding carboxylic acids is 2. The molecule has 0 unspecified atom stereocenters. The summed E-state index contributed by atoms with van der Waals surface area (Å²) >= 11 is 0. The monoisotopic (exact) mass is 397 g/mol. The fourth-order valence-corrected chi connectivity index (χ4v) is 4.19. The molecule has 148 valence electrons. The van der Waals surface area contributed by atoms with E-state index in [1.807, 2.05) is 48.5 Å². The smallest absolute Gasteiger partial charge is 0.264 e. The van der Waals surface area contributed by atoms with Crippen molar-refractivity contribution in [3.05, 3.63) is 102 Å². The molecular weight excluding hydrogens is 378 g/mol. The number of hydrogen-bond donors (Lipinski definition) is 1. The summed E-state index contributed by atoms with van der Waals surface area (Å²) < 4.78 is 5.16. The van der Waals surface area contributed by atoms with Gasteiger partial charge >= 0.3 is 0 Å². The second-order valence-electron chi connectivity index (χ2n) is 7.48. The van der Waals surface area contributed by atoms with Gasteiger partial charge in [0.2, 0.25) is 5.78 Å². The van der Waals surface area contributed by atoms with Crippen LogP contribution in [-0.4, -0.2) is 16.8 Å². The molecule has 5 rings (SSSR count). The zero-order valence-corrected chi connectivity index (χ0v) is 16.1. The number of rotatable bonds is 5. The van der Waals surface area contributed by atoms with Crippen molar-refractivity contribution in [2.75, 3.05) is 4.90 Å². The summed E-state index contributed by atoms with van der Waals surface area (Å²) in [5.74, 6) is -0.796. The Morgan fingerprint density at radius 1 is 0.933 bits per heavy atom. The van der Waals surface area contributed by atoms with E-state index in [2.05, 4.69) is 0 Å². The predicted molar refractivity (Wildman–Crippen MR) is 113 cm³/mol. The minimum absolute atomic E-state index is 0.126. The maximum Gasteiger partial charge on any atom is 0.264 e. The molecule has 1 amide bonds. The van der Waals surface area contributed by atoms with Gasteiger partial charge in [-0.15, -0.1) is 0 Å². The molecule has 0 aliphatic carbocycles. The highest BCUT2D eigenvalue weighted by atomic mass is 16.3. The summed E-state index contributed by atoms with van der Waals surface area (Å²) in [6.07, 6.45) is 1.02. The lowest BCUT2D eigenvalue weighted by Crippen LogP contribution is -2.41. The number of anilines is 1. The quantitative estimate of drug-likeness (QED) is 0.506. The number of aliphatic hydroxyl groups is 1. The molecule has 0 radical (unpaired) electrons. The van der Waals surface area contributed by atoms with Gasteiger partial charge in [0.25, 0.3) is 5.91 Å². The fourth-order valence-electron chi connectivity index (χ4n) is 4.19. The van der Waals surface area contributed by atoms with Crippen molar-refractivity contribution >= 4 is 28.2 Å². The van der Waals surface area contributed by atoms with Crippen LogP contribution in [-0.2, 0) is 16.9 Å². The van der Waals surface area contributed by atoms with Crippen LogP contribution in [0, 0.1) is 0 Å². The molecule has 1 N–H and O–H groups in total. The maximum absolute atomic E-state index is 13.4. The molecule has 1 aliphatic rings. The molecule has 0 fully saturated rings. The van der Waals surface area contributed by atoms with E-state index in [0.717, 1.165) is 16.3 Å². The van der Waals surface area contributed by atoms with Crippen LogP contribution in [0.15, 0.2) is 89.5 Å². The van der Waals surface area contributed by atoms with Gasteiger partial charge in [-0.25, -0.2) is 0 Å². The Morgan fingerprint density at radius 3 is 2.53 bits per heavy atom. The minimum Gasteiger partial charge on any atom is -0.461 e. The van der Waals surface area contributed by atoms with Crippen LogP contribution in [0.5, 0.6) is 0 Å². The third kappa shape index (κ3) is 2.83. The van der Waals surface area contributed by atoms with Crippen molar-refractivity contribution in [3.63, 3.8) is 0 Å². The molecule has 5 heteroatoms. The van der Waals surface area contributed by atoms with Crippen molar-refractivity contribution in [3.8, 4) is 0 Å². The van der Waals surface area contributed by atoms with Gasteiger partial charge in [0.05, 0.1) is 24.9 Å². The Balaban J connectivity index is 1.54. The van der Waals surface area contributed by atoms with Crippen LogP contribution < -0.4 is 4.90 Å². The van der Waals surface area contributed by atoms with Crippen molar-refractivity contribution in [1.29, 1.82) is 0 Å². The third-order valence-electron chi connectivity index (χ3n) is 5.66.